The minimum Gasteiger partial charge on any atom is -0.386 e. The number of aliphatic hydroxyl groups is 1. The van der Waals surface area contributed by atoms with Crippen LogP contribution in [-0.4, -0.2) is 19.9 Å². The number of benzene rings is 1. The number of nitrogens with zero attached hydrogens (tertiary/aromatic N) is 3. The van der Waals surface area contributed by atoms with E-state index in [0.29, 0.717) is 12.1 Å². The largest absolute Gasteiger partial charge is 0.386 e. The Morgan fingerprint density at radius 3 is 2.75 bits per heavy atom. The van der Waals surface area contributed by atoms with E-state index in [4.69, 9.17) is 0 Å². The second-order valence-electron chi connectivity index (χ2n) is 5.07. The molecule has 0 aliphatic rings. The molecule has 1 atom stereocenters. The van der Waals surface area contributed by atoms with Gasteiger partial charge in [0.15, 0.2) is 0 Å². The first-order valence-corrected chi connectivity index (χ1v) is 6.66. The molecular formula is C16H17N3O. The molecule has 4 heteroatoms. The molecule has 0 bridgehead atoms. The van der Waals surface area contributed by atoms with Crippen molar-refractivity contribution in [2.24, 2.45) is 7.05 Å². The molecule has 0 aliphatic carbocycles. The van der Waals surface area contributed by atoms with Crippen LogP contribution >= 0.6 is 0 Å². The highest BCUT2D eigenvalue weighted by atomic mass is 16.3. The molecule has 1 aromatic carbocycles. The molecule has 0 aliphatic heterocycles. The number of rotatable bonds is 3. The van der Waals surface area contributed by atoms with Crippen LogP contribution in [0, 0.1) is 6.92 Å². The maximum absolute atomic E-state index is 10.3. The van der Waals surface area contributed by atoms with Crippen LogP contribution < -0.4 is 0 Å². The molecule has 0 saturated carbocycles. The number of aryl methyl sites for hydroxylation is 2. The monoisotopic (exact) mass is 267 g/mol. The van der Waals surface area contributed by atoms with Crippen molar-refractivity contribution in [2.75, 3.05) is 0 Å². The normalized spacial score (nSPS) is 12.8. The first-order valence-electron chi connectivity index (χ1n) is 6.66. The summed E-state index contributed by atoms with van der Waals surface area (Å²) in [6, 6.07) is 11.9. The van der Waals surface area contributed by atoms with Crippen LogP contribution in [0.1, 0.15) is 23.1 Å². The standard InChI is InChI=1S/C16H17N3O/c1-11-7-8-13(17-10-11)16(20)9-14-12-5-3-4-6-15(12)19(2)18-14/h3-8,10,16,20H,9H2,1-2H3. The van der Waals surface area contributed by atoms with Gasteiger partial charge in [-0.1, -0.05) is 24.3 Å². The van der Waals surface area contributed by atoms with Gasteiger partial charge in [-0.15, -0.1) is 0 Å². The Labute approximate surface area is 117 Å². The van der Waals surface area contributed by atoms with Gasteiger partial charge < -0.3 is 5.11 Å². The van der Waals surface area contributed by atoms with E-state index in [1.807, 2.05) is 55.1 Å². The predicted molar refractivity (Wildman–Crippen MR) is 78.4 cm³/mol. The second kappa shape index (κ2) is 5.06. The van der Waals surface area contributed by atoms with E-state index in [1.165, 1.54) is 0 Å². The quantitative estimate of drug-likeness (QED) is 0.793. The summed E-state index contributed by atoms with van der Waals surface area (Å²) in [6.45, 7) is 1.98. The molecule has 3 rings (SSSR count). The zero-order valence-corrected chi connectivity index (χ0v) is 11.6. The fraction of sp³-hybridized carbons (Fsp3) is 0.250. The van der Waals surface area contributed by atoms with E-state index in [2.05, 4.69) is 10.1 Å². The third kappa shape index (κ3) is 2.30. The number of hydrogen-bond donors (Lipinski definition) is 1. The number of pyridine rings is 1. The molecule has 0 amide bonds. The van der Waals surface area contributed by atoms with E-state index in [9.17, 15) is 5.11 Å². The molecule has 0 fully saturated rings. The van der Waals surface area contributed by atoms with Crippen LogP contribution in [0.3, 0.4) is 0 Å². The minimum atomic E-state index is -0.631. The van der Waals surface area contributed by atoms with Gasteiger partial charge in [-0.2, -0.15) is 5.10 Å². The van der Waals surface area contributed by atoms with E-state index < -0.39 is 6.10 Å². The Morgan fingerprint density at radius 2 is 2.00 bits per heavy atom. The number of fused-ring (bicyclic) bond motifs is 1. The molecule has 1 N–H and O–H groups in total. The maximum Gasteiger partial charge on any atom is 0.102 e. The molecule has 1 unspecified atom stereocenters. The summed E-state index contributed by atoms with van der Waals surface area (Å²) in [7, 11) is 1.92. The molecule has 3 aromatic rings. The van der Waals surface area contributed by atoms with Crippen molar-refractivity contribution in [3.05, 3.63) is 59.5 Å². The van der Waals surface area contributed by atoms with Crippen molar-refractivity contribution >= 4 is 10.9 Å². The Hall–Kier alpha value is -2.20. The van der Waals surface area contributed by atoms with Crippen molar-refractivity contribution in [1.29, 1.82) is 0 Å². The van der Waals surface area contributed by atoms with Crippen molar-refractivity contribution < 1.29 is 5.11 Å². The van der Waals surface area contributed by atoms with Gasteiger partial charge in [-0.3, -0.25) is 9.67 Å². The molecule has 2 aromatic heterocycles. The highest BCUT2D eigenvalue weighted by molar-refractivity contribution is 5.81. The SMILES string of the molecule is Cc1ccc(C(O)Cc2nn(C)c3ccccc23)nc1. The van der Waals surface area contributed by atoms with Gasteiger partial charge in [0.25, 0.3) is 0 Å². The van der Waals surface area contributed by atoms with Crippen molar-refractivity contribution in [3.8, 4) is 0 Å². The molecule has 0 saturated heterocycles. The van der Waals surface area contributed by atoms with Gasteiger partial charge in [0.1, 0.15) is 6.10 Å². The van der Waals surface area contributed by atoms with Crippen molar-refractivity contribution in [3.63, 3.8) is 0 Å². The van der Waals surface area contributed by atoms with Crippen molar-refractivity contribution in [1.82, 2.24) is 14.8 Å². The maximum atomic E-state index is 10.3. The van der Waals surface area contributed by atoms with Crippen LogP contribution in [0.5, 0.6) is 0 Å². The smallest absolute Gasteiger partial charge is 0.102 e. The minimum absolute atomic E-state index is 0.470. The third-order valence-electron chi connectivity index (χ3n) is 3.50. The van der Waals surface area contributed by atoms with E-state index in [1.54, 1.807) is 6.20 Å². The van der Waals surface area contributed by atoms with Gasteiger partial charge in [-0.05, 0) is 24.6 Å². The lowest BCUT2D eigenvalue weighted by Crippen LogP contribution is -2.05. The molecule has 102 valence electrons. The van der Waals surface area contributed by atoms with Gasteiger partial charge >= 0.3 is 0 Å². The summed E-state index contributed by atoms with van der Waals surface area (Å²) in [4.78, 5) is 4.28. The summed E-state index contributed by atoms with van der Waals surface area (Å²) in [5, 5.41) is 15.9. The summed E-state index contributed by atoms with van der Waals surface area (Å²) in [5.74, 6) is 0. The number of hydrogen-bond acceptors (Lipinski definition) is 3. The predicted octanol–water partition coefficient (Wildman–Crippen LogP) is 2.55. The van der Waals surface area contributed by atoms with Crippen LogP contribution in [0.25, 0.3) is 10.9 Å². The summed E-state index contributed by atoms with van der Waals surface area (Å²) in [5.41, 5.74) is 3.75. The Morgan fingerprint density at radius 1 is 1.20 bits per heavy atom. The summed E-state index contributed by atoms with van der Waals surface area (Å²) < 4.78 is 1.85. The lowest BCUT2D eigenvalue weighted by atomic mass is 10.1. The van der Waals surface area contributed by atoms with Crippen LogP contribution in [0.4, 0.5) is 0 Å². The fourth-order valence-electron chi connectivity index (χ4n) is 2.40. The Bertz CT molecular complexity index is 731. The van der Waals surface area contributed by atoms with E-state index in [-0.39, 0.29) is 0 Å². The number of para-hydroxylation sites is 1. The first kappa shape index (κ1) is 12.8. The average Bonchev–Trinajstić information content (AvgIpc) is 2.77. The van der Waals surface area contributed by atoms with Gasteiger partial charge in [0.05, 0.1) is 16.9 Å². The van der Waals surface area contributed by atoms with Crippen LogP contribution in [0.2, 0.25) is 0 Å². The Kier molecular flexibility index (Phi) is 3.24. The summed E-state index contributed by atoms with van der Waals surface area (Å²) >= 11 is 0. The topological polar surface area (TPSA) is 50.9 Å². The molecule has 4 nitrogen and oxygen atoms in total. The second-order valence-corrected chi connectivity index (χ2v) is 5.07. The molecular weight excluding hydrogens is 250 g/mol. The molecule has 0 radical (unpaired) electrons. The first-order chi connectivity index (χ1) is 9.65. The zero-order chi connectivity index (χ0) is 14.1. The average molecular weight is 267 g/mol. The van der Waals surface area contributed by atoms with Gasteiger partial charge in [0.2, 0.25) is 0 Å². The van der Waals surface area contributed by atoms with E-state index >= 15 is 0 Å². The van der Waals surface area contributed by atoms with Crippen molar-refractivity contribution in [2.45, 2.75) is 19.4 Å². The third-order valence-corrected chi connectivity index (χ3v) is 3.50. The van der Waals surface area contributed by atoms with Gasteiger partial charge in [-0.25, -0.2) is 0 Å². The van der Waals surface area contributed by atoms with Crippen LogP contribution in [-0.2, 0) is 13.5 Å². The number of aromatic nitrogens is 3. The lowest BCUT2D eigenvalue weighted by Gasteiger charge is -2.08. The number of aliphatic hydroxyl groups excluding tert-OH is 1. The van der Waals surface area contributed by atoms with Gasteiger partial charge in [0, 0.05) is 25.1 Å². The summed E-state index contributed by atoms with van der Waals surface area (Å²) in [6.07, 6.45) is 1.61. The highest BCUT2D eigenvalue weighted by Gasteiger charge is 2.15. The zero-order valence-electron chi connectivity index (χ0n) is 11.6. The lowest BCUT2D eigenvalue weighted by molar-refractivity contribution is 0.172. The van der Waals surface area contributed by atoms with E-state index in [0.717, 1.165) is 22.2 Å². The van der Waals surface area contributed by atoms with Crippen LogP contribution in [0.15, 0.2) is 42.6 Å². The fourth-order valence-corrected chi connectivity index (χ4v) is 2.40. The highest BCUT2D eigenvalue weighted by Crippen LogP contribution is 2.22. The molecule has 20 heavy (non-hydrogen) atoms. The molecule has 0 spiro atoms. The molecule has 2 heterocycles. The Balaban J connectivity index is 1.91.